The molecule has 2 N–H and O–H groups in total. The van der Waals surface area contributed by atoms with E-state index in [1.807, 2.05) is 0 Å². The molecule has 0 atom stereocenters. The molecule has 11 heavy (non-hydrogen) atoms. The van der Waals surface area contributed by atoms with Crippen molar-refractivity contribution in [2.45, 2.75) is 33.1 Å². The number of nitrogens with two attached hydrogens (primary N) is 1. The van der Waals surface area contributed by atoms with E-state index in [2.05, 4.69) is 20.4 Å². The zero-order chi connectivity index (χ0) is 8.28. The molecule has 62 valence electrons. The van der Waals surface area contributed by atoms with Gasteiger partial charge in [-0.25, -0.2) is 0 Å². The Balaban J connectivity index is 2.04. The third-order valence-corrected chi connectivity index (χ3v) is 3.98. The molecule has 0 aromatic heterocycles. The summed E-state index contributed by atoms with van der Waals surface area (Å²) in [5.74, 6) is 0.837. The molecule has 0 amide bonds. The van der Waals surface area contributed by atoms with Crippen LogP contribution in [0.25, 0.3) is 0 Å². The molecule has 0 heterocycles. The standard InChI is InChI=1S/C10H17N/c1-7(2)9-4-10(5-9,6-9)8(3)11/h7H,3-6,11H2,1-2H3. The minimum atomic E-state index is 0.393. The summed E-state index contributed by atoms with van der Waals surface area (Å²) in [6.07, 6.45) is 3.94. The summed E-state index contributed by atoms with van der Waals surface area (Å²) in [6.45, 7) is 8.50. The molecule has 3 aliphatic carbocycles. The van der Waals surface area contributed by atoms with Crippen molar-refractivity contribution < 1.29 is 0 Å². The highest BCUT2D eigenvalue weighted by molar-refractivity contribution is 5.29. The van der Waals surface area contributed by atoms with Gasteiger partial charge in [-0.05, 0) is 30.6 Å². The van der Waals surface area contributed by atoms with Gasteiger partial charge < -0.3 is 5.73 Å². The lowest BCUT2D eigenvalue weighted by Gasteiger charge is -2.73. The van der Waals surface area contributed by atoms with Gasteiger partial charge in [0, 0.05) is 11.1 Å². The van der Waals surface area contributed by atoms with Crippen LogP contribution in [0.1, 0.15) is 33.1 Å². The van der Waals surface area contributed by atoms with Crippen molar-refractivity contribution in [3.05, 3.63) is 12.3 Å². The van der Waals surface area contributed by atoms with Crippen LogP contribution in [0.2, 0.25) is 0 Å². The van der Waals surface area contributed by atoms with Crippen LogP contribution in [0.5, 0.6) is 0 Å². The van der Waals surface area contributed by atoms with E-state index in [0.717, 1.165) is 11.6 Å². The first-order valence-corrected chi connectivity index (χ1v) is 4.46. The molecule has 0 aromatic carbocycles. The Kier molecular flexibility index (Phi) is 1.08. The monoisotopic (exact) mass is 151 g/mol. The van der Waals surface area contributed by atoms with Gasteiger partial charge in [0.05, 0.1) is 0 Å². The van der Waals surface area contributed by atoms with Crippen molar-refractivity contribution in [3.63, 3.8) is 0 Å². The van der Waals surface area contributed by atoms with Crippen molar-refractivity contribution >= 4 is 0 Å². The third-order valence-electron chi connectivity index (χ3n) is 3.98. The van der Waals surface area contributed by atoms with Gasteiger partial charge in [-0.1, -0.05) is 20.4 Å². The smallest absolute Gasteiger partial charge is 0.0109 e. The Morgan fingerprint density at radius 3 is 2.09 bits per heavy atom. The average Bonchev–Trinajstić information content (AvgIpc) is 1.51. The summed E-state index contributed by atoms with van der Waals surface area (Å²) in [5.41, 5.74) is 7.73. The van der Waals surface area contributed by atoms with Gasteiger partial charge in [0.2, 0.25) is 0 Å². The van der Waals surface area contributed by atoms with E-state index in [-0.39, 0.29) is 0 Å². The predicted octanol–water partition coefficient (Wildman–Crippen LogP) is 2.29. The summed E-state index contributed by atoms with van der Waals surface area (Å²) >= 11 is 0. The first kappa shape index (κ1) is 7.20. The fourth-order valence-corrected chi connectivity index (χ4v) is 2.82. The van der Waals surface area contributed by atoms with Crippen LogP contribution >= 0.6 is 0 Å². The van der Waals surface area contributed by atoms with Gasteiger partial charge in [0.25, 0.3) is 0 Å². The Hall–Kier alpha value is -0.460. The maximum Gasteiger partial charge on any atom is 0.0109 e. The van der Waals surface area contributed by atoms with Crippen LogP contribution in [0.3, 0.4) is 0 Å². The van der Waals surface area contributed by atoms with Crippen LogP contribution in [0.4, 0.5) is 0 Å². The molecular formula is C10H17N. The summed E-state index contributed by atoms with van der Waals surface area (Å²) in [6, 6.07) is 0. The van der Waals surface area contributed by atoms with E-state index in [4.69, 9.17) is 5.73 Å². The lowest BCUT2D eigenvalue weighted by Crippen LogP contribution is -2.65. The largest absolute Gasteiger partial charge is 0.402 e. The van der Waals surface area contributed by atoms with E-state index >= 15 is 0 Å². The molecule has 3 aliphatic rings. The highest BCUT2D eigenvalue weighted by Crippen LogP contribution is 2.77. The number of allylic oxidation sites excluding steroid dienone is 1. The molecule has 2 bridgehead atoms. The summed E-state index contributed by atoms with van der Waals surface area (Å²) in [5, 5.41) is 0. The average molecular weight is 151 g/mol. The number of hydrogen-bond donors (Lipinski definition) is 1. The normalized spacial score (nSPS) is 46.5. The SMILES string of the molecule is C=C(N)C12CC(C(C)C)(C1)C2. The van der Waals surface area contributed by atoms with Gasteiger partial charge in [0.1, 0.15) is 0 Å². The molecule has 3 rings (SSSR count). The van der Waals surface area contributed by atoms with Gasteiger partial charge in [-0.2, -0.15) is 0 Å². The highest BCUT2D eigenvalue weighted by atomic mass is 14.8. The Labute approximate surface area is 68.7 Å². The van der Waals surface area contributed by atoms with Crippen molar-refractivity contribution in [1.29, 1.82) is 0 Å². The van der Waals surface area contributed by atoms with Crippen LogP contribution in [0.15, 0.2) is 12.3 Å². The molecule has 1 nitrogen and oxygen atoms in total. The Morgan fingerprint density at radius 1 is 1.36 bits per heavy atom. The van der Waals surface area contributed by atoms with Crippen LogP contribution in [-0.4, -0.2) is 0 Å². The van der Waals surface area contributed by atoms with E-state index in [0.29, 0.717) is 10.8 Å². The molecule has 3 saturated carbocycles. The maximum absolute atomic E-state index is 5.73. The maximum atomic E-state index is 5.73. The molecule has 3 fully saturated rings. The molecule has 0 unspecified atom stereocenters. The van der Waals surface area contributed by atoms with Crippen LogP contribution in [0, 0.1) is 16.7 Å². The van der Waals surface area contributed by atoms with Gasteiger partial charge in [0.15, 0.2) is 0 Å². The van der Waals surface area contributed by atoms with E-state index in [9.17, 15) is 0 Å². The number of hydrogen-bond acceptors (Lipinski definition) is 1. The van der Waals surface area contributed by atoms with E-state index < -0.39 is 0 Å². The molecule has 1 heteroatoms. The molecule has 0 aromatic rings. The zero-order valence-corrected chi connectivity index (χ0v) is 7.48. The van der Waals surface area contributed by atoms with Gasteiger partial charge in [-0.15, -0.1) is 0 Å². The molecule has 0 saturated heterocycles. The van der Waals surface area contributed by atoms with Crippen LogP contribution < -0.4 is 5.73 Å². The van der Waals surface area contributed by atoms with Gasteiger partial charge in [-0.3, -0.25) is 0 Å². The predicted molar refractivity (Wildman–Crippen MR) is 46.9 cm³/mol. The van der Waals surface area contributed by atoms with Crippen molar-refractivity contribution in [2.24, 2.45) is 22.5 Å². The second-order valence-corrected chi connectivity index (χ2v) is 4.85. The fourth-order valence-electron chi connectivity index (χ4n) is 2.82. The zero-order valence-electron chi connectivity index (χ0n) is 7.48. The summed E-state index contributed by atoms with van der Waals surface area (Å²) < 4.78 is 0. The second kappa shape index (κ2) is 1.65. The second-order valence-electron chi connectivity index (χ2n) is 4.85. The first-order chi connectivity index (χ1) is 5.01. The lowest BCUT2D eigenvalue weighted by atomic mass is 9.32. The lowest BCUT2D eigenvalue weighted by molar-refractivity contribution is -0.205. The fraction of sp³-hybridized carbons (Fsp3) is 0.800. The molecule has 0 spiro atoms. The van der Waals surface area contributed by atoms with E-state index in [1.54, 1.807) is 0 Å². The Bertz CT molecular complexity index is 195. The minimum Gasteiger partial charge on any atom is -0.402 e. The minimum absolute atomic E-state index is 0.393. The van der Waals surface area contributed by atoms with Crippen molar-refractivity contribution in [3.8, 4) is 0 Å². The van der Waals surface area contributed by atoms with Crippen molar-refractivity contribution in [1.82, 2.24) is 0 Å². The van der Waals surface area contributed by atoms with E-state index in [1.165, 1.54) is 19.3 Å². The van der Waals surface area contributed by atoms with Crippen molar-refractivity contribution in [2.75, 3.05) is 0 Å². The summed E-state index contributed by atoms with van der Waals surface area (Å²) in [4.78, 5) is 0. The third kappa shape index (κ3) is 0.622. The molecule has 0 radical (unpaired) electrons. The topological polar surface area (TPSA) is 26.0 Å². The molecule has 0 aliphatic heterocycles. The van der Waals surface area contributed by atoms with Crippen LogP contribution in [-0.2, 0) is 0 Å². The summed E-state index contributed by atoms with van der Waals surface area (Å²) in [7, 11) is 0. The first-order valence-electron chi connectivity index (χ1n) is 4.46. The highest BCUT2D eigenvalue weighted by Gasteiger charge is 2.69. The Morgan fingerprint density at radius 2 is 1.82 bits per heavy atom. The molecular weight excluding hydrogens is 134 g/mol. The quantitative estimate of drug-likeness (QED) is 0.643. The van der Waals surface area contributed by atoms with Gasteiger partial charge >= 0.3 is 0 Å². The number of rotatable bonds is 2.